The Morgan fingerprint density at radius 1 is 1.47 bits per heavy atom. The third-order valence-corrected chi connectivity index (χ3v) is 2.92. The highest BCUT2D eigenvalue weighted by Crippen LogP contribution is 2.11. The second-order valence-electron chi connectivity index (χ2n) is 3.48. The van der Waals surface area contributed by atoms with Crippen LogP contribution in [0.3, 0.4) is 0 Å². The molecule has 2 heterocycles. The van der Waals surface area contributed by atoms with E-state index >= 15 is 0 Å². The lowest BCUT2D eigenvalue weighted by Crippen LogP contribution is -2.20. The summed E-state index contributed by atoms with van der Waals surface area (Å²) in [7, 11) is 0. The van der Waals surface area contributed by atoms with E-state index in [1.165, 1.54) is 6.07 Å². The molecule has 78 valence electrons. The van der Waals surface area contributed by atoms with Gasteiger partial charge in [-0.1, -0.05) is 0 Å². The molecule has 0 atom stereocenters. The van der Waals surface area contributed by atoms with E-state index in [1.807, 2.05) is 29.8 Å². The first kappa shape index (κ1) is 9.98. The molecule has 0 aliphatic heterocycles. The maximum atomic E-state index is 11.3. The molecule has 0 fully saturated rings. The van der Waals surface area contributed by atoms with Crippen LogP contribution in [0.2, 0.25) is 0 Å². The van der Waals surface area contributed by atoms with Crippen LogP contribution in [-0.2, 0) is 6.42 Å². The Kier molecular flexibility index (Phi) is 2.60. The van der Waals surface area contributed by atoms with Crippen molar-refractivity contribution in [2.45, 2.75) is 13.3 Å². The number of pyridine rings is 1. The van der Waals surface area contributed by atoms with Crippen molar-refractivity contribution in [1.82, 2.24) is 4.73 Å². The minimum absolute atomic E-state index is 0.375. The third kappa shape index (κ3) is 2.10. The van der Waals surface area contributed by atoms with Crippen LogP contribution in [0.5, 0.6) is 0 Å². The summed E-state index contributed by atoms with van der Waals surface area (Å²) in [6.07, 6.45) is 0.580. The first-order valence-electron chi connectivity index (χ1n) is 4.60. The Labute approximate surface area is 91.2 Å². The largest absolute Gasteiger partial charge is 0.425 e. The van der Waals surface area contributed by atoms with Gasteiger partial charge in [0.1, 0.15) is 0 Å². The molecular weight excluding hydrogens is 210 g/mol. The Morgan fingerprint density at radius 3 is 2.93 bits per heavy atom. The van der Waals surface area contributed by atoms with Gasteiger partial charge in [-0.05, 0) is 40.9 Å². The predicted octanol–water partition coefficient (Wildman–Crippen LogP) is 2.05. The quantitative estimate of drug-likeness (QED) is 0.788. The van der Waals surface area contributed by atoms with Crippen molar-refractivity contribution in [2.75, 3.05) is 0 Å². The molecule has 0 saturated carbocycles. The van der Waals surface area contributed by atoms with Gasteiger partial charge >= 0.3 is 0 Å². The van der Waals surface area contributed by atoms with Gasteiger partial charge in [-0.25, -0.2) is 0 Å². The van der Waals surface area contributed by atoms with Gasteiger partial charge in [0, 0.05) is 12.5 Å². The van der Waals surface area contributed by atoms with E-state index in [9.17, 15) is 10.0 Å². The van der Waals surface area contributed by atoms with Crippen molar-refractivity contribution in [1.29, 1.82) is 0 Å². The molecule has 0 aromatic carbocycles. The number of nitrogens with zero attached hydrogens (tertiary/aromatic N) is 1. The Hall–Kier alpha value is -1.55. The molecule has 0 spiro atoms. The predicted molar refractivity (Wildman–Crippen MR) is 59.7 cm³/mol. The van der Waals surface area contributed by atoms with Gasteiger partial charge in [-0.15, -0.1) is 0 Å². The smallest absolute Gasteiger partial charge is 0.283 e. The summed E-state index contributed by atoms with van der Waals surface area (Å²) in [6.45, 7) is 1.85. The Balaban J connectivity index is 2.40. The zero-order valence-corrected chi connectivity index (χ0v) is 9.12. The molecule has 0 aliphatic rings. The van der Waals surface area contributed by atoms with Gasteiger partial charge in [0.15, 0.2) is 0 Å². The summed E-state index contributed by atoms with van der Waals surface area (Å²) in [4.78, 5) is 11.3. The highest BCUT2D eigenvalue weighted by atomic mass is 32.1. The van der Waals surface area contributed by atoms with Gasteiger partial charge in [0.25, 0.3) is 5.56 Å². The number of rotatable bonds is 2. The van der Waals surface area contributed by atoms with Crippen LogP contribution in [0.1, 0.15) is 16.8 Å². The maximum Gasteiger partial charge on any atom is 0.283 e. The fraction of sp³-hybridized carbons (Fsp3) is 0.182. The standard InChI is InChI=1S/C11H11NO2S/c1-8-4-10(12(14)11(13)5-8)6-9-2-3-15-7-9/h2-5,7,14H,6H2,1H3. The Bertz CT molecular complexity index is 514. The molecule has 0 saturated heterocycles. The minimum atomic E-state index is -0.375. The van der Waals surface area contributed by atoms with E-state index in [-0.39, 0.29) is 5.56 Å². The van der Waals surface area contributed by atoms with E-state index in [0.717, 1.165) is 11.1 Å². The number of hydrogen-bond donors (Lipinski definition) is 1. The fourth-order valence-electron chi connectivity index (χ4n) is 1.49. The second kappa shape index (κ2) is 3.90. The Morgan fingerprint density at radius 2 is 2.27 bits per heavy atom. The molecule has 0 amide bonds. The summed E-state index contributed by atoms with van der Waals surface area (Å²) in [6, 6.07) is 5.22. The summed E-state index contributed by atoms with van der Waals surface area (Å²) >= 11 is 1.60. The van der Waals surface area contributed by atoms with Crippen LogP contribution in [0.15, 0.2) is 33.8 Å². The monoisotopic (exact) mass is 221 g/mol. The van der Waals surface area contributed by atoms with E-state index in [1.54, 1.807) is 11.3 Å². The lowest BCUT2D eigenvalue weighted by molar-refractivity contribution is 0.166. The molecule has 0 radical (unpaired) electrons. The van der Waals surface area contributed by atoms with Crippen molar-refractivity contribution in [3.63, 3.8) is 0 Å². The first-order valence-corrected chi connectivity index (χ1v) is 5.54. The zero-order chi connectivity index (χ0) is 10.8. The SMILES string of the molecule is Cc1cc(Cc2ccsc2)n(O)c(=O)c1. The highest BCUT2D eigenvalue weighted by Gasteiger charge is 2.05. The molecule has 0 bridgehead atoms. The van der Waals surface area contributed by atoms with Crippen LogP contribution in [0.25, 0.3) is 0 Å². The van der Waals surface area contributed by atoms with E-state index in [2.05, 4.69) is 0 Å². The average molecular weight is 221 g/mol. The lowest BCUT2D eigenvalue weighted by Gasteiger charge is -2.05. The van der Waals surface area contributed by atoms with Gasteiger partial charge in [-0.3, -0.25) is 4.79 Å². The molecule has 4 heteroatoms. The van der Waals surface area contributed by atoms with Crippen molar-refractivity contribution in [2.24, 2.45) is 0 Å². The van der Waals surface area contributed by atoms with E-state index < -0.39 is 0 Å². The van der Waals surface area contributed by atoms with Gasteiger partial charge in [0.05, 0.1) is 5.69 Å². The van der Waals surface area contributed by atoms with E-state index in [4.69, 9.17) is 0 Å². The molecule has 15 heavy (non-hydrogen) atoms. The lowest BCUT2D eigenvalue weighted by atomic mass is 10.1. The number of aryl methyl sites for hydroxylation is 1. The normalized spacial score (nSPS) is 10.5. The van der Waals surface area contributed by atoms with Crippen molar-refractivity contribution < 1.29 is 5.21 Å². The fourth-order valence-corrected chi connectivity index (χ4v) is 2.16. The van der Waals surface area contributed by atoms with Crippen LogP contribution < -0.4 is 5.56 Å². The molecule has 2 aromatic heterocycles. The molecule has 2 rings (SSSR count). The van der Waals surface area contributed by atoms with Crippen molar-refractivity contribution in [3.8, 4) is 0 Å². The van der Waals surface area contributed by atoms with Crippen molar-refractivity contribution >= 4 is 11.3 Å². The van der Waals surface area contributed by atoms with Crippen LogP contribution in [0, 0.1) is 6.92 Å². The zero-order valence-electron chi connectivity index (χ0n) is 8.30. The highest BCUT2D eigenvalue weighted by molar-refractivity contribution is 7.07. The molecule has 0 aliphatic carbocycles. The molecular formula is C11H11NO2S. The third-order valence-electron chi connectivity index (χ3n) is 2.19. The molecule has 2 aromatic rings. The van der Waals surface area contributed by atoms with Crippen molar-refractivity contribution in [3.05, 3.63) is 56.1 Å². The summed E-state index contributed by atoms with van der Waals surface area (Å²) in [5.74, 6) is 0. The van der Waals surface area contributed by atoms with Gasteiger partial charge < -0.3 is 5.21 Å². The van der Waals surface area contributed by atoms with Gasteiger partial charge in [0.2, 0.25) is 0 Å². The van der Waals surface area contributed by atoms with E-state index in [0.29, 0.717) is 16.8 Å². The minimum Gasteiger partial charge on any atom is -0.425 e. The number of aromatic nitrogens is 1. The summed E-state index contributed by atoms with van der Waals surface area (Å²) in [5, 5.41) is 13.5. The van der Waals surface area contributed by atoms with Gasteiger partial charge in [-0.2, -0.15) is 16.1 Å². The van der Waals surface area contributed by atoms with Crippen LogP contribution in [0.4, 0.5) is 0 Å². The topological polar surface area (TPSA) is 42.2 Å². The number of hydrogen-bond acceptors (Lipinski definition) is 3. The van der Waals surface area contributed by atoms with Crippen LogP contribution >= 0.6 is 11.3 Å². The molecule has 3 nitrogen and oxygen atoms in total. The second-order valence-corrected chi connectivity index (χ2v) is 4.26. The van der Waals surface area contributed by atoms with Crippen LogP contribution in [-0.4, -0.2) is 9.94 Å². The number of thiophene rings is 1. The summed E-state index contributed by atoms with van der Waals surface area (Å²) < 4.78 is 0.713. The molecule has 1 N–H and O–H groups in total. The average Bonchev–Trinajstić information content (AvgIpc) is 2.66. The summed E-state index contributed by atoms with van der Waals surface area (Å²) in [5.41, 5.74) is 2.22. The molecule has 0 unspecified atom stereocenters. The first-order chi connectivity index (χ1) is 7.16. The maximum absolute atomic E-state index is 11.3.